The first-order valence-electron chi connectivity index (χ1n) is 13.2. The summed E-state index contributed by atoms with van der Waals surface area (Å²) in [5, 5.41) is 13.3. The number of aliphatic hydroxyl groups excluding tert-OH is 1. The quantitative estimate of drug-likeness (QED) is 0.162. The second-order valence-electron chi connectivity index (χ2n) is 9.74. The number of carbonyl (C=O) groups is 1. The molecule has 3 heterocycles. The number of thiazole rings is 1. The molecule has 0 saturated carbocycles. The molecule has 0 aliphatic carbocycles. The maximum Gasteiger partial charge on any atom is 0.412 e. The molecule has 0 fully saturated rings. The van der Waals surface area contributed by atoms with Crippen molar-refractivity contribution in [3.63, 3.8) is 0 Å². The number of halogens is 3. The second kappa shape index (κ2) is 13.3. The summed E-state index contributed by atoms with van der Waals surface area (Å²) in [5.41, 5.74) is 1.82. The van der Waals surface area contributed by atoms with E-state index in [0.717, 1.165) is 5.39 Å². The van der Waals surface area contributed by atoms with Crippen molar-refractivity contribution in [2.45, 2.75) is 39.1 Å². The number of anilines is 1. The Kier molecular flexibility index (Phi) is 9.49. The van der Waals surface area contributed by atoms with Gasteiger partial charge in [0.2, 0.25) is 0 Å². The van der Waals surface area contributed by atoms with Gasteiger partial charge in [-0.2, -0.15) is 0 Å². The van der Waals surface area contributed by atoms with Gasteiger partial charge in [-0.05, 0) is 39.0 Å². The smallest absolute Gasteiger partial charge is 0.412 e. The van der Waals surface area contributed by atoms with Crippen LogP contribution in [0, 0.1) is 5.82 Å². The zero-order valence-electron chi connectivity index (χ0n) is 23.8. The lowest BCUT2D eigenvalue weighted by Crippen LogP contribution is -2.32. The minimum absolute atomic E-state index is 0.0275. The number of aliphatic hydroxyl groups is 1. The van der Waals surface area contributed by atoms with Crippen LogP contribution in [0.3, 0.4) is 0 Å². The molecule has 0 radical (unpaired) electrons. The number of hydrogen-bond donors (Lipinski definition) is 2. The third kappa shape index (κ3) is 7.02. The molecule has 230 valence electrons. The van der Waals surface area contributed by atoms with Gasteiger partial charge in [-0.3, -0.25) is 10.3 Å². The van der Waals surface area contributed by atoms with Crippen LogP contribution in [-0.2, 0) is 4.74 Å². The summed E-state index contributed by atoms with van der Waals surface area (Å²) in [6.07, 6.45) is 1.21. The van der Waals surface area contributed by atoms with Crippen LogP contribution in [0.25, 0.3) is 31.7 Å². The lowest BCUT2D eigenvalue weighted by Gasteiger charge is -2.22. The molecule has 0 aliphatic heterocycles. The molecule has 5 rings (SSSR count). The molecule has 2 aromatic carbocycles. The van der Waals surface area contributed by atoms with Gasteiger partial charge < -0.3 is 24.1 Å². The maximum absolute atomic E-state index is 15.4. The van der Waals surface area contributed by atoms with Crippen molar-refractivity contribution in [2.75, 3.05) is 19.0 Å². The Bertz CT molecular complexity index is 1820. The fraction of sp³-hybridized carbons (Fsp3) is 0.276. The monoisotopic (exact) mass is 661 g/mol. The lowest BCUT2D eigenvalue weighted by atomic mass is 10.1. The van der Waals surface area contributed by atoms with Crippen molar-refractivity contribution in [1.29, 1.82) is 0 Å². The number of benzene rings is 2. The first-order chi connectivity index (χ1) is 21.0. The first kappa shape index (κ1) is 31.4. The molecule has 0 spiro atoms. The van der Waals surface area contributed by atoms with Gasteiger partial charge >= 0.3 is 12.1 Å². The SMILES string of the molecule is COc1cnc2c(-c3nc4c(Cl)c(F)c(O[C@@H](C)[C@@H](C)OC(=O)Nc5cnc(OC[C@@H](C)O)nc5)cc4s3)cc(Cl)cc2c1. The molecule has 44 heavy (non-hydrogen) atoms. The fourth-order valence-corrected chi connectivity index (χ4v) is 5.55. The summed E-state index contributed by atoms with van der Waals surface area (Å²) in [5.74, 6) is -0.344. The Morgan fingerprint density at radius 2 is 1.80 bits per heavy atom. The molecule has 11 nitrogen and oxygen atoms in total. The summed E-state index contributed by atoms with van der Waals surface area (Å²) in [6, 6.07) is 6.87. The van der Waals surface area contributed by atoms with E-state index in [1.54, 1.807) is 46.2 Å². The van der Waals surface area contributed by atoms with Gasteiger partial charge in [-0.25, -0.2) is 24.1 Å². The Labute approximate surface area is 264 Å². The van der Waals surface area contributed by atoms with Crippen LogP contribution >= 0.6 is 34.5 Å². The van der Waals surface area contributed by atoms with Crippen LogP contribution < -0.4 is 19.5 Å². The highest BCUT2D eigenvalue weighted by molar-refractivity contribution is 7.21. The van der Waals surface area contributed by atoms with E-state index in [0.29, 0.717) is 31.6 Å². The molecule has 3 aromatic heterocycles. The van der Waals surface area contributed by atoms with E-state index in [9.17, 15) is 9.90 Å². The van der Waals surface area contributed by atoms with E-state index in [4.69, 9.17) is 42.1 Å². The molecule has 0 aliphatic rings. The number of amides is 1. The second-order valence-corrected chi connectivity index (χ2v) is 11.6. The van der Waals surface area contributed by atoms with Crippen molar-refractivity contribution in [2.24, 2.45) is 0 Å². The van der Waals surface area contributed by atoms with Crippen LogP contribution in [0.15, 0.2) is 42.9 Å². The van der Waals surface area contributed by atoms with Gasteiger partial charge in [0.05, 0.1) is 47.7 Å². The maximum atomic E-state index is 15.4. The summed E-state index contributed by atoms with van der Waals surface area (Å²) in [4.78, 5) is 29.4. The van der Waals surface area contributed by atoms with Crippen molar-refractivity contribution >= 4 is 67.4 Å². The number of carbonyl (C=O) groups excluding carboxylic acids is 1. The lowest BCUT2D eigenvalue weighted by molar-refractivity contribution is 0.0402. The van der Waals surface area contributed by atoms with E-state index >= 15 is 4.39 Å². The standard InChI is InChI=1S/C29H26Cl2FN5O6S/c1-13(38)12-41-28-34-9-18(10-35-28)36-29(39)43-15(3)14(2)42-21-8-22-26(23(31)24(21)32)37-27(44-22)20-7-17(30)5-16-6-19(40-4)11-33-25(16)20/h5-11,13-15,38H,12H2,1-4H3,(H,36,39)/t13-,14+,15-/m1/s1. The highest BCUT2D eigenvalue weighted by Gasteiger charge is 2.24. The molecule has 5 aromatic rings. The van der Waals surface area contributed by atoms with E-state index in [1.807, 2.05) is 6.07 Å². The summed E-state index contributed by atoms with van der Waals surface area (Å²) in [7, 11) is 1.55. The summed E-state index contributed by atoms with van der Waals surface area (Å²) in [6.45, 7) is 4.82. The molecular formula is C29H26Cl2FN5O6S. The molecule has 3 atom stereocenters. The van der Waals surface area contributed by atoms with E-state index in [1.165, 1.54) is 29.8 Å². The fourth-order valence-electron chi connectivity index (χ4n) is 4.01. The molecule has 2 N–H and O–H groups in total. The predicted octanol–water partition coefficient (Wildman–Crippen LogP) is 6.92. The predicted molar refractivity (Wildman–Crippen MR) is 166 cm³/mol. The number of ether oxygens (including phenoxy) is 4. The van der Waals surface area contributed by atoms with Gasteiger partial charge in [0.1, 0.15) is 40.1 Å². The normalized spacial score (nSPS) is 13.4. The van der Waals surface area contributed by atoms with Crippen LogP contribution in [-0.4, -0.2) is 63.2 Å². The van der Waals surface area contributed by atoms with Crippen LogP contribution in [0.1, 0.15) is 20.8 Å². The Morgan fingerprint density at radius 1 is 1.05 bits per heavy atom. The molecule has 15 heteroatoms. The topological polar surface area (TPSA) is 138 Å². The highest BCUT2D eigenvalue weighted by Crippen LogP contribution is 2.41. The number of fused-ring (bicyclic) bond motifs is 2. The molecule has 0 bridgehead atoms. The Morgan fingerprint density at radius 3 is 2.50 bits per heavy atom. The van der Waals surface area contributed by atoms with Crippen molar-refractivity contribution in [3.8, 4) is 28.1 Å². The van der Waals surface area contributed by atoms with Crippen molar-refractivity contribution in [3.05, 3.63) is 58.7 Å². The third-order valence-corrected chi connectivity index (χ3v) is 7.92. The van der Waals surface area contributed by atoms with Gasteiger partial charge in [0.15, 0.2) is 11.6 Å². The van der Waals surface area contributed by atoms with Crippen molar-refractivity contribution in [1.82, 2.24) is 19.9 Å². The van der Waals surface area contributed by atoms with E-state index < -0.39 is 30.2 Å². The van der Waals surface area contributed by atoms with E-state index in [-0.39, 0.29) is 34.6 Å². The average Bonchev–Trinajstić information content (AvgIpc) is 3.42. The number of aromatic nitrogens is 4. The van der Waals surface area contributed by atoms with Crippen molar-refractivity contribution < 1.29 is 33.2 Å². The highest BCUT2D eigenvalue weighted by atomic mass is 35.5. The van der Waals surface area contributed by atoms with Gasteiger partial charge in [0, 0.05) is 22.0 Å². The zero-order valence-corrected chi connectivity index (χ0v) is 26.1. The number of nitrogens with zero attached hydrogens (tertiary/aromatic N) is 4. The summed E-state index contributed by atoms with van der Waals surface area (Å²) < 4.78 is 37.6. The molecule has 0 saturated heterocycles. The minimum atomic E-state index is -0.798. The van der Waals surface area contributed by atoms with E-state index in [2.05, 4.69) is 25.3 Å². The largest absolute Gasteiger partial charge is 0.495 e. The van der Waals surface area contributed by atoms with Gasteiger partial charge in [-0.1, -0.05) is 23.2 Å². The Hall–Kier alpha value is -4.04. The minimum Gasteiger partial charge on any atom is -0.495 e. The molecule has 0 unspecified atom stereocenters. The van der Waals surface area contributed by atoms with Crippen LogP contribution in [0.4, 0.5) is 14.9 Å². The third-order valence-electron chi connectivity index (χ3n) is 6.32. The number of nitrogens with one attached hydrogen (secondary N) is 1. The summed E-state index contributed by atoms with van der Waals surface area (Å²) >= 11 is 14.1. The number of pyridine rings is 1. The number of hydrogen-bond acceptors (Lipinski definition) is 11. The number of rotatable bonds is 10. The van der Waals surface area contributed by atoms with Gasteiger partial charge in [0.25, 0.3) is 0 Å². The molecular weight excluding hydrogens is 636 g/mol. The number of methoxy groups -OCH3 is 1. The van der Waals surface area contributed by atoms with Crippen LogP contribution in [0.2, 0.25) is 10.0 Å². The Balaban J connectivity index is 1.30. The molecule has 1 amide bonds. The average molecular weight is 663 g/mol. The van der Waals surface area contributed by atoms with Gasteiger partial charge in [-0.15, -0.1) is 11.3 Å². The van der Waals surface area contributed by atoms with Crippen LogP contribution in [0.5, 0.6) is 17.5 Å². The zero-order chi connectivity index (χ0) is 31.5. The first-order valence-corrected chi connectivity index (χ1v) is 14.8.